The van der Waals surface area contributed by atoms with Gasteiger partial charge in [0.15, 0.2) is 0 Å². The van der Waals surface area contributed by atoms with Crippen molar-refractivity contribution in [1.29, 1.82) is 0 Å². The molecule has 2 rings (SSSR count). The van der Waals surface area contributed by atoms with Crippen molar-refractivity contribution in [2.24, 2.45) is 5.73 Å². The second-order valence-corrected chi connectivity index (χ2v) is 7.23. The molecule has 5 amide bonds. The van der Waals surface area contributed by atoms with Gasteiger partial charge in [0.1, 0.15) is 6.04 Å². The largest absolute Gasteiger partial charge is 0.366 e. The van der Waals surface area contributed by atoms with E-state index in [0.717, 1.165) is 0 Å². The number of nitrogens with one attached hydrogen (secondary N) is 4. The SMILES string of the molecule is C[C@H](NC(=O)CNC(=O)c1ccccc1)C(=O)NCC(=O)C(=O)NCc1cccc(C(N)=O)c1. The molecule has 34 heavy (non-hydrogen) atoms. The number of rotatable bonds is 11. The number of nitrogens with two attached hydrogens (primary N) is 1. The fourth-order valence-electron chi connectivity index (χ4n) is 2.73. The number of carbonyl (C=O) groups is 6. The zero-order valence-corrected chi connectivity index (χ0v) is 18.4. The maximum atomic E-state index is 12.1. The average Bonchev–Trinajstić information content (AvgIpc) is 2.84. The Kier molecular flexibility index (Phi) is 9.44. The fraction of sp³-hybridized carbons (Fsp3) is 0.217. The van der Waals surface area contributed by atoms with E-state index in [1.807, 2.05) is 0 Å². The fourth-order valence-corrected chi connectivity index (χ4v) is 2.73. The molecule has 0 aromatic heterocycles. The highest BCUT2D eigenvalue weighted by Gasteiger charge is 2.19. The Morgan fingerprint density at radius 3 is 2.18 bits per heavy atom. The number of benzene rings is 2. The Bertz CT molecular complexity index is 1090. The van der Waals surface area contributed by atoms with Gasteiger partial charge in [-0.2, -0.15) is 0 Å². The number of ketones is 1. The van der Waals surface area contributed by atoms with E-state index in [9.17, 15) is 28.8 Å². The number of hydrogen-bond donors (Lipinski definition) is 5. The van der Waals surface area contributed by atoms with Crippen LogP contribution in [-0.2, 0) is 25.7 Å². The summed E-state index contributed by atoms with van der Waals surface area (Å²) < 4.78 is 0. The Labute approximate surface area is 195 Å². The van der Waals surface area contributed by atoms with E-state index in [-0.39, 0.29) is 18.7 Å². The topological polar surface area (TPSA) is 177 Å². The summed E-state index contributed by atoms with van der Waals surface area (Å²) in [7, 11) is 0. The van der Waals surface area contributed by atoms with Crippen LogP contribution in [0.15, 0.2) is 54.6 Å². The van der Waals surface area contributed by atoms with Crippen LogP contribution in [0, 0.1) is 0 Å². The lowest BCUT2D eigenvalue weighted by Crippen LogP contribution is -2.49. The van der Waals surface area contributed by atoms with Crippen molar-refractivity contribution in [3.8, 4) is 0 Å². The van der Waals surface area contributed by atoms with Crippen LogP contribution < -0.4 is 27.0 Å². The summed E-state index contributed by atoms with van der Waals surface area (Å²) in [6, 6.07) is 13.5. The molecule has 0 unspecified atom stereocenters. The molecule has 11 heteroatoms. The van der Waals surface area contributed by atoms with Gasteiger partial charge in [-0.25, -0.2) is 0 Å². The predicted molar refractivity (Wildman–Crippen MR) is 121 cm³/mol. The molecule has 11 nitrogen and oxygen atoms in total. The van der Waals surface area contributed by atoms with Crippen LogP contribution in [0.1, 0.15) is 33.2 Å². The van der Waals surface area contributed by atoms with Crippen molar-refractivity contribution in [3.05, 3.63) is 71.3 Å². The summed E-state index contributed by atoms with van der Waals surface area (Å²) in [4.78, 5) is 71.1. The summed E-state index contributed by atoms with van der Waals surface area (Å²) in [5.41, 5.74) is 6.42. The molecule has 0 radical (unpaired) electrons. The summed E-state index contributed by atoms with van der Waals surface area (Å²) >= 11 is 0. The van der Waals surface area contributed by atoms with Gasteiger partial charge in [0.05, 0.1) is 13.1 Å². The van der Waals surface area contributed by atoms with E-state index in [4.69, 9.17) is 5.73 Å². The van der Waals surface area contributed by atoms with E-state index in [2.05, 4.69) is 21.3 Å². The number of hydrogen-bond acceptors (Lipinski definition) is 6. The van der Waals surface area contributed by atoms with Crippen molar-refractivity contribution >= 4 is 35.3 Å². The maximum absolute atomic E-state index is 12.1. The number of amides is 5. The highest BCUT2D eigenvalue weighted by molar-refractivity contribution is 6.37. The van der Waals surface area contributed by atoms with E-state index in [1.54, 1.807) is 42.5 Å². The number of primary amides is 1. The molecule has 6 N–H and O–H groups in total. The molecule has 2 aromatic carbocycles. The lowest BCUT2D eigenvalue weighted by Gasteiger charge is -2.14. The van der Waals surface area contributed by atoms with Gasteiger partial charge in [-0.05, 0) is 36.8 Å². The van der Waals surface area contributed by atoms with Gasteiger partial charge in [-0.15, -0.1) is 0 Å². The first kappa shape index (κ1) is 25.7. The molecule has 0 aliphatic heterocycles. The predicted octanol–water partition coefficient (Wildman–Crippen LogP) is -0.978. The van der Waals surface area contributed by atoms with Gasteiger partial charge in [-0.3, -0.25) is 28.8 Å². The molecule has 0 saturated heterocycles. The van der Waals surface area contributed by atoms with Crippen LogP contribution in [0.25, 0.3) is 0 Å². The van der Waals surface area contributed by atoms with E-state index < -0.39 is 47.9 Å². The molecular formula is C23H25N5O6. The third kappa shape index (κ3) is 8.19. The second kappa shape index (κ2) is 12.5. The van der Waals surface area contributed by atoms with Crippen LogP contribution in [0.4, 0.5) is 0 Å². The van der Waals surface area contributed by atoms with E-state index >= 15 is 0 Å². The van der Waals surface area contributed by atoms with Gasteiger partial charge < -0.3 is 27.0 Å². The van der Waals surface area contributed by atoms with Gasteiger partial charge in [0.25, 0.3) is 11.8 Å². The van der Waals surface area contributed by atoms with Crippen molar-refractivity contribution in [2.45, 2.75) is 19.5 Å². The quantitative estimate of drug-likeness (QED) is 0.265. The first-order valence-corrected chi connectivity index (χ1v) is 10.3. The van der Waals surface area contributed by atoms with E-state index in [0.29, 0.717) is 11.1 Å². The van der Waals surface area contributed by atoms with Crippen LogP contribution >= 0.6 is 0 Å². The molecule has 0 fully saturated rings. The summed E-state index contributed by atoms with van der Waals surface area (Å²) in [6.45, 7) is 0.462. The molecule has 0 heterocycles. The van der Waals surface area contributed by atoms with Crippen LogP contribution in [0.5, 0.6) is 0 Å². The molecule has 0 aliphatic carbocycles. The Morgan fingerprint density at radius 2 is 1.50 bits per heavy atom. The second-order valence-electron chi connectivity index (χ2n) is 7.23. The third-order valence-electron chi connectivity index (χ3n) is 4.56. The monoisotopic (exact) mass is 467 g/mol. The minimum atomic E-state index is -1.01. The Morgan fingerprint density at radius 1 is 0.824 bits per heavy atom. The van der Waals surface area contributed by atoms with Crippen LogP contribution in [-0.4, -0.2) is 54.5 Å². The summed E-state index contributed by atoms with van der Waals surface area (Å²) in [5.74, 6) is -4.16. The van der Waals surface area contributed by atoms with Crippen molar-refractivity contribution in [2.75, 3.05) is 13.1 Å². The van der Waals surface area contributed by atoms with Gasteiger partial charge in [0, 0.05) is 17.7 Å². The van der Waals surface area contributed by atoms with Gasteiger partial charge in [-0.1, -0.05) is 30.3 Å². The van der Waals surface area contributed by atoms with E-state index in [1.165, 1.54) is 19.1 Å². The highest BCUT2D eigenvalue weighted by atomic mass is 16.2. The minimum absolute atomic E-state index is 0.0131. The summed E-state index contributed by atoms with van der Waals surface area (Å²) in [5, 5.41) is 9.47. The Balaban J connectivity index is 1.71. The summed E-state index contributed by atoms with van der Waals surface area (Å²) in [6.07, 6.45) is 0. The smallest absolute Gasteiger partial charge is 0.289 e. The standard InChI is InChI=1S/C23H25N5O6/c1-14(28-19(30)13-27-22(33)16-7-3-2-4-8-16)21(32)26-12-18(29)23(34)25-11-15-6-5-9-17(10-15)20(24)31/h2-10,14H,11-13H2,1H3,(H2,24,31)(H,25,34)(H,26,32)(H,27,33)(H,28,30)/t14-/m0/s1. The van der Waals surface area contributed by atoms with Gasteiger partial charge >= 0.3 is 0 Å². The van der Waals surface area contributed by atoms with Crippen molar-refractivity contribution < 1.29 is 28.8 Å². The molecule has 178 valence electrons. The van der Waals surface area contributed by atoms with Crippen molar-refractivity contribution in [1.82, 2.24) is 21.3 Å². The van der Waals surface area contributed by atoms with Crippen molar-refractivity contribution in [3.63, 3.8) is 0 Å². The zero-order valence-electron chi connectivity index (χ0n) is 18.4. The molecule has 2 aromatic rings. The molecule has 1 atom stereocenters. The maximum Gasteiger partial charge on any atom is 0.289 e. The lowest BCUT2D eigenvalue weighted by atomic mass is 10.1. The molecule has 0 saturated carbocycles. The highest BCUT2D eigenvalue weighted by Crippen LogP contribution is 2.04. The average molecular weight is 467 g/mol. The normalized spacial score (nSPS) is 11.0. The lowest BCUT2D eigenvalue weighted by molar-refractivity contribution is -0.138. The molecule has 0 spiro atoms. The third-order valence-corrected chi connectivity index (χ3v) is 4.56. The number of carbonyl (C=O) groups excluding carboxylic acids is 6. The van der Waals surface area contributed by atoms with Crippen LogP contribution in [0.3, 0.4) is 0 Å². The molecular weight excluding hydrogens is 442 g/mol. The zero-order chi connectivity index (χ0) is 25.1. The minimum Gasteiger partial charge on any atom is -0.366 e. The first-order valence-electron chi connectivity index (χ1n) is 10.3. The van der Waals surface area contributed by atoms with Crippen LogP contribution in [0.2, 0.25) is 0 Å². The first-order chi connectivity index (χ1) is 16.2. The molecule has 0 aliphatic rings. The van der Waals surface area contributed by atoms with Gasteiger partial charge in [0.2, 0.25) is 23.5 Å². The molecule has 0 bridgehead atoms. The Hall–Kier alpha value is -4.54. The number of Topliss-reactive ketones (excluding diaryl/α,β-unsaturated/α-hetero) is 1.